The molecule has 6 nitrogen and oxygen atoms in total. The van der Waals surface area contributed by atoms with E-state index in [4.69, 9.17) is 0 Å². The Balaban J connectivity index is 1.60. The van der Waals surface area contributed by atoms with Gasteiger partial charge in [-0.15, -0.1) is 10.2 Å². The number of nitrogens with one attached hydrogen (secondary N) is 2. The zero-order chi connectivity index (χ0) is 16.5. The van der Waals surface area contributed by atoms with Crippen molar-refractivity contribution in [2.45, 2.75) is 0 Å². The first kappa shape index (κ1) is 15.2. The summed E-state index contributed by atoms with van der Waals surface area (Å²) < 4.78 is 2.01. The predicted molar refractivity (Wildman–Crippen MR) is 102 cm³/mol. The molecule has 0 saturated carbocycles. The van der Waals surface area contributed by atoms with Gasteiger partial charge in [0, 0.05) is 19.8 Å². The average Bonchev–Trinajstić information content (AvgIpc) is 2.94. The molecule has 0 aliphatic rings. The second kappa shape index (κ2) is 6.29. The van der Waals surface area contributed by atoms with E-state index in [1.165, 1.54) is 0 Å². The van der Waals surface area contributed by atoms with E-state index >= 15 is 0 Å². The van der Waals surface area contributed by atoms with E-state index in [1.54, 1.807) is 6.21 Å². The van der Waals surface area contributed by atoms with Crippen molar-refractivity contribution in [3.8, 4) is 0 Å². The summed E-state index contributed by atoms with van der Waals surface area (Å²) in [7, 11) is 0. The predicted octanol–water partition coefficient (Wildman–Crippen LogP) is 4.48. The molecule has 0 radical (unpaired) electrons. The smallest absolute Gasteiger partial charge is 0.265 e. The number of hydrogen-bond acceptors (Lipinski definition) is 5. The number of rotatable bonds is 3. The fourth-order valence-electron chi connectivity index (χ4n) is 2.30. The highest BCUT2D eigenvalue weighted by atomic mass is 79.9. The van der Waals surface area contributed by atoms with Gasteiger partial charge < -0.3 is 4.98 Å². The van der Waals surface area contributed by atoms with E-state index in [1.807, 2.05) is 42.5 Å². The summed E-state index contributed by atoms with van der Waals surface area (Å²) in [6.45, 7) is 0. The van der Waals surface area contributed by atoms with Crippen LogP contribution in [0.15, 0.2) is 56.5 Å². The standard InChI is InChI=1S/C16H10Br2N6/c17-10-3-1-9(2-4-10)8-19-23-16-21-15-14(22-24-16)12-7-11(18)5-6-13(12)20-15/h1-8H,(H2,20,21,23,24). The van der Waals surface area contributed by atoms with Gasteiger partial charge in [0.05, 0.1) is 6.21 Å². The van der Waals surface area contributed by atoms with Gasteiger partial charge in [0.25, 0.3) is 5.95 Å². The molecular weight excluding hydrogens is 436 g/mol. The zero-order valence-electron chi connectivity index (χ0n) is 12.2. The van der Waals surface area contributed by atoms with Gasteiger partial charge in [-0.05, 0) is 35.9 Å². The summed E-state index contributed by atoms with van der Waals surface area (Å²) >= 11 is 6.86. The number of H-pyrrole nitrogens is 1. The molecule has 8 heteroatoms. The molecule has 0 unspecified atom stereocenters. The van der Waals surface area contributed by atoms with Crippen LogP contribution in [0.25, 0.3) is 22.1 Å². The van der Waals surface area contributed by atoms with Gasteiger partial charge >= 0.3 is 0 Å². The maximum Gasteiger partial charge on any atom is 0.265 e. The molecule has 2 aromatic carbocycles. The third kappa shape index (κ3) is 3.02. The maximum absolute atomic E-state index is 4.41. The van der Waals surface area contributed by atoms with Crippen molar-refractivity contribution in [3.63, 3.8) is 0 Å². The number of benzene rings is 2. The number of aromatic amines is 1. The van der Waals surface area contributed by atoms with Gasteiger partial charge in [-0.25, -0.2) is 5.43 Å². The number of halogens is 2. The molecule has 4 aromatic rings. The first-order chi connectivity index (χ1) is 11.7. The highest BCUT2D eigenvalue weighted by Gasteiger charge is 2.09. The van der Waals surface area contributed by atoms with E-state index in [9.17, 15) is 0 Å². The number of fused-ring (bicyclic) bond motifs is 3. The number of hydrazone groups is 1. The molecular formula is C16H10Br2N6. The van der Waals surface area contributed by atoms with Gasteiger partial charge in [0.1, 0.15) is 5.52 Å². The second-order valence-electron chi connectivity index (χ2n) is 5.07. The van der Waals surface area contributed by atoms with Gasteiger partial charge in [-0.1, -0.05) is 44.0 Å². The lowest BCUT2D eigenvalue weighted by molar-refractivity contribution is 1.01. The van der Waals surface area contributed by atoms with Crippen LogP contribution in [0.3, 0.4) is 0 Å². The second-order valence-corrected chi connectivity index (χ2v) is 6.90. The molecule has 118 valence electrons. The molecule has 4 rings (SSSR count). The largest absolute Gasteiger partial charge is 0.338 e. The third-order valence-corrected chi connectivity index (χ3v) is 4.45. The van der Waals surface area contributed by atoms with Gasteiger partial charge in [-0.3, -0.25) is 0 Å². The minimum atomic E-state index is 0.335. The fourth-order valence-corrected chi connectivity index (χ4v) is 2.93. The van der Waals surface area contributed by atoms with Gasteiger partial charge in [0.15, 0.2) is 5.65 Å². The van der Waals surface area contributed by atoms with Crippen LogP contribution >= 0.6 is 31.9 Å². The van der Waals surface area contributed by atoms with Crippen LogP contribution in [0, 0.1) is 0 Å². The first-order valence-corrected chi connectivity index (χ1v) is 8.64. The lowest BCUT2D eigenvalue weighted by atomic mass is 10.2. The Morgan fingerprint density at radius 3 is 2.62 bits per heavy atom. The third-order valence-electron chi connectivity index (χ3n) is 3.42. The summed E-state index contributed by atoms with van der Waals surface area (Å²) in [5.74, 6) is 0.335. The SMILES string of the molecule is Brc1ccc(C=NNc2nnc3c(n2)[nH]c2ccc(Br)cc23)cc1. The van der Waals surface area contributed by atoms with Crippen molar-refractivity contribution in [3.05, 3.63) is 57.0 Å². The summed E-state index contributed by atoms with van der Waals surface area (Å²) in [5.41, 5.74) is 6.13. The Bertz CT molecular complexity index is 1060. The number of hydrogen-bond donors (Lipinski definition) is 2. The zero-order valence-corrected chi connectivity index (χ0v) is 15.3. The molecule has 0 amide bonds. The minimum absolute atomic E-state index is 0.335. The van der Waals surface area contributed by atoms with Gasteiger partial charge in [0.2, 0.25) is 0 Å². The van der Waals surface area contributed by atoms with Crippen molar-refractivity contribution >= 4 is 66.1 Å². The average molecular weight is 446 g/mol. The van der Waals surface area contributed by atoms with E-state index in [-0.39, 0.29) is 0 Å². The Labute approximate surface area is 153 Å². The summed E-state index contributed by atoms with van der Waals surface area (Å²) in [5, 5.41) is 13.4. The lowest BCUT2D eigenvalue weighted by Gasteiger charge is -1.97. The van der Waals surface area contributed by atoms with Crippen LogP contribution in [-0.4, -0.2) is 26.4 Å². The molecule has 24 heavy (non-hydrogen) atoms. The molecule has 2 N–H and O–H groups in total. The van der Waals surface area contributed by atoms with E-state index in [0.29, 0.717) is 11.6 Å². The quantitative estimate of drug-likeness (QED) is 0.360. The number of aromatic nitrogens is 4. The normalized spacial score (nSPS) is 11.6. The minimum Gasteiger partial charge on any atom is -0.338 e. The van der Waals surface area contributed by atoms with Crippen molar-refractivity contribution in [2.75, 3.05) is 5.43 Å². The van der Waals surface area contributed by atoms with Crippen LogP contribution in [0.4, 0.5) is 5.95 Å². The number of nitrogens with zero attached hydrogens (tertiary/aromatic N) is 4. The molecule has 0 spiro atoms. The van der Waals surface area contributed by atoms with Crippen LogP contribution in [-0.2, 0) is 0 Å². The highest BCUT2D eigenvalue weighted by Crippen LogP contribution is 2.25. The molecule has 2 heterocycles. The molecule has 2 aromatic heterocycles. The van der Waals surface area contributed by atoms with Crippen molar-refractivity contribution in [1.29, 1.82) is 0 Å². The lowest BCUT2D eigenvalue weighted by Crippen LogP contribution is -1.98. The Morgan fingerprint density at radius 1 is 1.00 bits per heavy atom. The van der Waals surface area contributed by atoms with Crippen LogP contribution in [0.2, 0.25) is 0 Å². The topological polar surface area (TPSA) is 78.8 Å². The Hall–Kier alpha value is -2.32. The molecule has 0 atom stereocenters. The molecule has 0 bridgehead atoms. The molecule has 0 aliphatic carbocycles. The van der Waals surface area contributed by atoms with E-state index in [0.717, 1.165) is 30.9 Å². The highest BCUT2D eigenvalue weighted by molar-refractivity contribution is 9.10. The monoisotopic (exact) mass is 444 g/mol. The summed E-state index contributed by atoms with van der Waals surface area (Å²) in [6.07, 6.45) is 1.70. The fraction of sp³-hybridized carbons (Fsp3) is 0. The summed E-state index contributed by atoms with van der Waals surface area (Å²) in [6, 6.07) is 13.7. The first-order valence-electron chi connectivity index (χ1n) is 7.05. The van der Waals surface area contributed by atoms with Crippen LogP contribution < -0.4 is 5.43 Å². The van der Waals surface area contributed by atoms with Crippen molar-refractivity contribution in [2.24, 2.45) is 5.10 Å². The van der Waals surface area contributed by atoms with E-state index < -0.39 is 0 Å². The molecule has 0 aliphatic heterocycles. The Morgan fingerprint density at radius 2 is 1.79 bits per heavy atom. The van der Waals surface area contributed by atoms with Crippen LogP contribution in [0.5, 0.6) is 0 Å². The van der Waals surface area contributed by atoms with E-state index in [2.05, 4.69) is 62.6 Å². The van der Waals surface area contributed by atoms with Gasteiger partial charge in [-0.2, -0.15) is 10.1 Å². The number of anilines is 1. The molecule has 0 saturated heterocycles. The summed E-state index contributed by atoms with van der Waals surface area (Å²) in [4.78, 5) is 7.64. The van der Waals surface area contributed by atoms with Crippen molar-refractivity contribution < 1.29 is 0 Å². The molecule has 0 fully saturated rings. The Kier molecular flexibility index (Phi) is 3.99. The van der Waals surface area contributed by atoms with Crippen molar-refractivity contribution in [1.82, 2.24) is 20.2 Å². The van der Waals surface area contributed by atoms with Crippen LogP contribution in [0.1, 0.15) is 5.56 Å². The maximum atomic E-state index is 4.41.